The molecule has 19 heavy (non-hydrogen) atoms. The van der Waals surface area contributed by atoms with E-state index in [0.717, 1.165) is 44.3 Å². The fraction of sp³-hybridized carbons (Fsp3) is 0.846. The summed E-state index contributed by atoms with van der Waals surface area (Å²) in [6.45, 7) is 11.7. The molecule has 2 rings (SSSR count). The van der Waals surface area contributed by atoms with Crippen molar-refractivity contribution in [1.82, 2.24) is 10.6 Å². The molecule has 6 nitrogen and oxygen atoms in total. The molecule has 0 aromatic rings. The van der Waals surface area contributed by atoms with Crippen molar-refractivity contribution < 1.29 is 0 Å². The maximum atomic E-state index is 4.51. The van der Waals surface area contributed by atoms with Crippen molar-refractivity contribution in [2.24, 2.45) is 20.2 Å². The van der Waals surface area contributed by atoms with E-state index in [9.17, 15) is 0 Å². The third kappa shape index (κ3) is 3.30. The minimum absolute atomic E-state index is 0.400. The van der Waals surface area contributed by atoms with Gasteiger partial charge in [0.05, 0.1) is 6.54 Å². The summed E-state index contributed by atoms with van der Waals surface area (Å²) < 4.78 is 0. The molecule has 0 bridgehead atoms. The van der Waals surface area contributed by atoms with Crippen LogP contribution in [0.4, 0.5) is 0 Å². The highest BCUT2D eigenvalue weighted by Gasteiger charge is 2.30. The van der Waals surface area contributed by atoms with E-state index < -0.39 is 11.1 Å². The van der Waals surface area contributed by atoms with Crippen LogP contribution in [0.15, 0.2) is 20.2 Å². The van der Waals surface area contributed by atoms with Crippen LogP contribution in [0.2, 0.25) is 0 Å². The van der Waals surface area contributed by atoms with Gasteiger partial charge in [-0.1, -0.05) is 0 Å². The second-order valence-electron chi connectivity index (χ2n) is 5.99. The molecular weight excluding hydrogens is 240 g/mol. The highest BCUT2D eigenvalue weighted by molar-refractivity contribution is 5.92. The number of amidine groups is 2. The smallest absolute Gasteiger partial charge is 0.133 e. The van der Waals surface area contributed by atoms with Gasteiger partial charge in [-0.25, -0.2) is 0 Å². The van der Waals surface area contributed by atoms with Crippen molar-refractivity contribution in [2.75, 3.05) is 26.2 Å². The Morgan fingerprint density at radius 1 is 0.842 bits per heavy atom. The van der Waals surface area contributed by atoms with Gasteiger partial charge in [0.2, 0.25) is 0 Å². The molecule has 0 amide bonds. The van der Waals surface area contributed by atoms with Crippen LogP contribution in [0.3, 0.4) is 0 Å². The molecule has 6 heteroatoms. The number of rotatable bonds is 4. The number of aliphatic imine (C=N–C) groups is 2. The van der Waals surface area contributed by atoms with Crippen LogP contribution in [-0.4, -0.2) is 48.9 Å². The standard InChI is InChI=1S/C13H24N6/c1-12(2,10-14-6-5-7-15-10)18-19-13(3,4)11-16-8-9-17-11/h5-9H2,1-4H3,(H,14,15)(H,16,17). The average molecular weight is 264 g/mol. The predicted molar refractivity (Wildman–Crippen MR) is 78.2 cm³/mol. The second kappa shape index (κ2) is 5.27. The lowest BCUT2D eigenvalue weighted by Crippen LogP contribution is -2.44. The fourth-order valence-corrected chi connectivity index (χ4v) is 2.09. The van der Waals surface area contributed by atoms with Gasteiger partial charge in [-0.3, -0.25) is 9.98 Å². The minimum Gasteiger partial charge on any atom is -0.372 e. The molecule has 0 saturated carbocycles. The summed E-state index contributed by atoms with van der Waals surface area (Å²) in [7, 11) is 0. The minimum atomic E-state index is -0.406. The van der Waals surface area contributed by atoms with Crippen molar-refractivity contribution in [3.63, 3.8) is 0 Å². The summed E-state index contributed by atoms with van der Waals surface area (Å²) in [4.78, 5) is 8.93. The van der Waals surface area contributed by atoms with Crippen LogP contribution in [0.25, 0.3) is 0 Å². The average Bonchev–Trinajstić information content (AvgIpc) is 2.93. The molecule has 0 unspecified atom stereocenters. The summed E-state index contributed by atoms with van der Waals surface area (Å²) in [6, 6.07) is 0. The van der Waals surface area contributed by atoms with E-state index in [1.54, 1.807) is 0 Å². The van der Waals surface area contributed by atoms with Gasteiger partial charge in [0.15, 0.2) is 0 Å². The van der Waals surface area contributed by atoms with E-state index in [1.807, 2.05) is 27.7 Å². The van der Waals surface area contributed by atoms with E-state index in [4.69, 9.17) is 0 Å². The molecule has 0 saturated heterocycles. The Kier molecular flexibility index (Phi) is 3.87. The van der Waals surface area contributed by atoms with Crippen LogP contribution in [0.5, 0.6) is 0 Å². The molecule has 2 heterocycles. The second-order valence-corrected chi connectivity index (χ2v) is 5.99. The first-order valence-electron chi connectivity index (χ1n) is 6.93. The molecule has 2 N–H and O–H groups in total. The number of nitrogens with zero attached hydrogens (tertiary/aromatic N) is 4. The SMILES string of the molecule is CC(C)(N=NC(C)(C)C1=NCCN1)C1=NCCCN1. The van der Waals surface area contributed by atoms with E-state index in [0.29, 0.717) is 0 Å². The largest absolute Gasteiger partial charge is 0.372 e. The van der Waals surface area contributed by atoms with Crippen molar-refractivity contribution >= 4 is 11.7 Å². The zero-order valence-electron chi connectivity index (χ0n) is 12.3. The van der Waals surface area contributed by atoms with Gasteiger partial charge in [0.25, 0.3) is 0 Å². The molecule has 0 aromatic carbocycles. The van der Waals surface area contributed by atoms with Gasteiger partial charge in [0, 0.05) is 19.6 Å². The maximum Gasteiger partial charge on any atom is 0.133 e. The predicted octanol–water partition coefficient (Wildman–Crippen LogP) is 1.39. The van der Waals surface area contributed by atoms with Crippen LogP contribution in [-0.2, 0) is 0 Å². The Morgan fingerprint density at radius 2 is 1.37 bits per heavy atom. The Labute approximate surface area is 114 Å². The zero-order valence-corrected chi connectivity index (χ0v) is 12.3. The van der Waals surface area contributed by atoms with E-state index in [1.165, 1.54) is 0 Å². The summed E-state index contributed by atoms with van der Waals surface area (Å²) in [5, 5.41) is 15.6. The number of nitrogens with one attached hydrogen (secondary N) is 2. The summed E-state index contributed by atoms with van der Waals surface area (Å²) in [5.41, 5.74) is -0.806. The third-order valence-corrected chi connectivity index (χ3v) is 3.28. The third-order valence-electron chi connectivity index (χ3n) is 3.28. The molecule has 0 aliphatic carbocycles. The molecule has 0 radical (unpaired) electrons. The molecule has 2 aliphatic rings. The van der Waals surface area contributed by atoms with Gasteiger partial charge >= 0.3 is 0 Å². The topological polar surface area (TPSA) is 73.5 Å². The summed E-state index contributed by atoms with van der Waals surface area (Å²) in [6.07, 6.45) is 1.09. The summed E-state index contributed by atoms with van der Waals surface area (Å²) in [5.74, 6) is 1.85. The molecule has 0 aromatic heterocycles. The van der Waals surface area contributed by atoms with Crippen LogP contribution < -0.4 is 10.6 Å². The van der Waals surface area contributed by atoms with Gasteiger partial charge in [-0.2, -0.15) is 10.2 Å². The Bertz CT molecular complexity index is 419. The molecule has 0 fully saturated rings. The number of hydrogen-bond acceptors (Lipinski definition) is 6. The first kappa shape index (κ1) is 14.0. The Morgan fingerprint density at radius 3 is 1.79 bits per heavy atom. The Balaban J connectivity index is 2.09. The van der Waals surface area contributed by atoms with E-state index in [-0.39, 0.29) is 0 Å². The molecule has 106 valence electrons. The lowest BCUT2D eigenvalue weighted by Gasteiger charge is -2.27. The zero-order chi connectivity index (χ0) is 13.9. The lowest BCUT2D eigenvalue weighted by molar-refractivity contribution is 0.539. The quantitative estimate of drug-likeness (QED) is 0.753. The van der Waals surface area contributed by atoms with Crippen molar-refractivity contribution in [1.29, 1.82) is 0 Å². The monoisotopic (exact) mass is 264 g/mol. The van der Waals surface area contributed by atoms with Crippen molar-refractivity contribution in [3.8, 4) is 0 Å². The first-order chi connectivity index (χ1) is 8.92. The molecule has 0 spiro atoms. The first-order valence-corrected chi connectivity index (χ1v) is 6.93. The van der Waals surface area contributed by atoms with Gasteiger partial charge < -0.3 is 10.6 Å². The van der Waals surface area contributed by atoms with Gasteiger partial charge in [-0.15, -0.1) is 0 Å². The highest BCUT2D eigenvalue weighted by Crippen LogP contribution is 2.19. The van der Waals surface area contributed by atoms with Crippen molar-refractivity contribution in [3.05, 3.63) is 0 Å². The Hall–Kier alpha value is -1.46. The maximum absolute atomic E-state index is 4.51. The van der Waals surface area contributed by atoms with Crippen LogP contribution in [0, 0.1) is 0 Å². The molecule has 2 aliphatic heterocycles. The fourth-order valence-electron chi connectivity index (χ4n) is 2.09. The van der Waals surface area contributed by atoms with Gasteiger partial charge in [0.1, 0.15) is 22.7 Å². The van der Waals surface area contributed by atoms with E-state index >= 15 is 0 Å². The van der Waals surface area contributed by atoms with Gasteiger partial charge in [-0.05, 0) is 34.1 Å². The van der Waals surface area contributed by atoms with Crippen LogP contribution >= 0.6 is 0 Å². The molecular formula is C13H24N6. The normalized spacial score (nSPS) is 20.8. The van der Waals surface area contributed by atoms with Crippen LogP contribution in [0.1, 0.15) is 34.1 Å². The number of azo groups is 1. The summed E-state index contributed by atoms with van der Waals surface area (Å²) >= 11 is 0. The molecule has 0 atom stereocenters. The highest BCUT2D eigenvalue weighted by atomic mass is 15.3. The lowest BCUT2D eigenvalue weighted by atomic mass is 10.0. The van der Waals surface area contributed by atoms with E-state index in [2.05, 4.69) is 30.8 Å². The van der Waals surface area contributed by atoms with Crippen molar-refractivity contribution in [2.45, 2.75) is 45.2 Å². The number of hydrogen-bond donors (Lipinski definition) is 2.